The average Bonchev–Trinajstić information content (AvgIpc) is 2.88. The number of hydrogen-bond acceptors (Lipinski definition) is 3. The lowest BCUT2D eigenvalue weighted by atomic mass is 9.99. The summed E-state index contributed by atoms with van der Waals surface area (Å²) in [6.07, 6.45) is 0.831. The van der Waals surface area contributed by atoms with Gasteiger partial charge in [-0.05, 0) is 51.8 Å². The number of fused-ring (bicyclic) bond motifs is 1. The number of benzene rings is 2. The van der Waals surface area contributed by atoms with E-state index in [9.17, 15) is 4.79 Å². The van der Waals surface area contributed by atoms with Crippen molar-refractivity contribution in [3.05, 3.63) is 56.0 Å². The summed E-state index contributed by atoms with van der Waals surface area (Å²) in [6.45, 7) is 0.620. The minimum absolute atomic E-state index is 0.0800. The fourth-order valence-corrected chi connectivity index (χ4v) is 3.03. The molecule has 0 spiro atoms. The number of nitrogen functional groups attached to an aromatic ring is 1. The number of ether oxygens (including phenoxy) is 1. The van der Waals surface area contributed by atoms with Crippen LogP contribution in [0.2, 0.25) is 0 Å². The van der Waals surface area contributed by atoms with Crippen LogP contribution in [0.5, 0.6) is 5.75 Å². The van der Waals surface area contributed by atoms with E-state index < -0.39 is 0 Å². The Bertz CT molecular complexity index is 713. The predicted octanol–water partition coefficient (Wildman–Crippen LogP) is 3.96. The Morgan fingerprint density at radius 1 is 1.20 bits per heavy atom. The van der Waals surface area contributed by atoms with Gasteiger partial charge >= 0.3 is 0 Å². The molecule has 0 aromatic heterocycles. The molecule has 0 aliphatic carbocycles. The van der Waals surface area contributed by atoms with E-state index in [0.717, 1.165) is 20.9 Å². The molecule has 5 heteroatoms. The summed E-state index contributed by atoms with van der Waals surface area (Å²) in [5.41, 5.74) is 8.58. The second-order valence-corrected chi connectivity index (χ2v) is 6.38. The maximum atomic E-state index is 12.7. The van der Waals surface area contributed by atoms with Crippen LogP contribution in [0.15, 0.2) is 39.3 Å². The molecule has 1 aliphatic heterocycles. The number of hydrogen-bond donors (Lipinski definition) is 1. The summed E-state index contributed by atoms with van der Waals surface area (Å²) in [7, 11) is 0. The molecule has 20 heavy (non-hydrogen) atoms. The Hall–Kier alpha value is -1.33. The van der Waals surface area contributed by atoms with Gasteiger partial charge in [-0.25, -0.2) is 0 Å². The van der Waals surface area contributed by atoms with Gasteiger partial charge in [0.05, 0.1) is 12.2 Å². The van der Waals surface area contributed by atoms with Crippen molar-refractivity contribution in [2.24, 2.45) is 0 Å². The van der Waals surface area contributed by atoms with Crippen molar-refractivity contribution in [2.45, 2.75) is 6.42 Å². The van der Waals surface area contributed by atoms with Crippen LogP contribution in [-0.4, -0.2) is 12.4 Å². The lowest BCUT2D eigenvalue weighted by Crippen LogP contribution is -2.05. The molecule has 0 saturated heterocycles. The first-order chi connectivity index (χ1) is 9.56. The number of anilines is 1. The van der Waals surface area contributed by atoms with E-state index in [2.05, 4.69) is 31.9 Å². The number of rotatable bonds is 2. The second kappa shape index (κ2) is 5.22. The Morgan fingerprint density at radius 2 is 2.00 bits per heavy atom. The van der Waals surface area contributed by atoms with Crippen LogP contribution >= 0.6 is 31.9 Å². The van der Waals surface area contributed by atoms with Crippen LogP contribution in [0, 0.1) is 0 Å². The van der Waals surface area contributed by atoms with Crippen molar-refractivity contribution in [3.8, 4) is 5.75 Å². The Kier molecular flexibility index (Phi) is 3.56. The first-order valence-electron chi connectivity index (χ1n) is 6.11. The van der Waals surface area contributed by atoms with Crippen LogP contribution < -0.4 is 10.5 Å². The van der Waals surface area contributed by atoms with E-state index in [0.29, 0.717) is 29.2 Å². The highest BCUT2D eigenvalue weighted by Gasteiger charge is 2.23. The highest BCUT2D eigenvalue weighted by atomic mass is 79.9. The van der Waals surface area contributed by atoms with E-state index in [-0.39, 0.29) is 5.78 Å². The summed E-state index contributed by atoms with van der Waals surface area (Å²) < 4.78 is 7.27. The number of ketones is 1. The largest absolute Gasteiger partial charge is 0.492 e. The van der Waals surface area contributed by atoms with Gasteiger partial charge in [-0.2, -0.15) is 0 Å². The molecule has 1 aliphatic rings. The van der Waals surface area contributed by atoms with Gasteiger partial charge in [0.2, 0.25) is 0 Å². The number of carbonyl (C=O) groups is 1. The van der Waals surface area contributed by atoms with E-state index in [1.165, 1.54) is 0 Å². The van der Waals surface area contributed by atoms with Crippen molar-refractivity contribution < 1.29 is 9.53 Å². The fourth-order valence-electron chi connectivity index (χ4n) is 2.28. The Balaban J connectivity index is 2.09. The number of nitrogens with two attached hydrogens (primary N) is 1. The molecule has 2 aromatic rings. The maximum absolute atomic E-state index is 12.7. The monoisotopic (exact) mass is 395 g/mol. The fraction of sp³-hybridized carbons (Fsp3) is 0.133. The van der Waals surface area contributed by atoms with Gasteiger partial charge in [0.25, 0.3) is 0 Å². The predicted molar refractivity (Wildman–Crippen MR) is 85.3 cm³/mol. The second-order valence-electron chi connectivity index (χ2n) is 4.61. The molecule has 0 atom stereocenters. The molecule has 0 bridgehead atoms. The van der Waals surface area contributed by atoms with Crippen molar-refractivity contribution in [1.82, 2.24) is 0 Å². The van der Waals surface area contributed by atoms with Crippen LogP contribution in [0.1, 0.15) is 21.5 Å². The van der Waals surface area contributed by atoms with Crippen molar-refractivity contribution >= 4 is 43.3 Å². The third kappa shape index (κ3) is 2.36. The van der Waals surface area contributed by atoms with Gasteiger partial charge < -0.3 is 10.5 Å². The lowest BCUT2D eigenvalue weighted by Gasteiger charge is -2.09. The number of halogens is 2. The van der Waals surface area contributed by atoms with Gasteiger partial charge in [0.1, 0.15) is 5.75 Å². The Morgan fingerprint density at radius 3 is 2.75 bits per heavy atom. The molecule has 0 radical (unpaired) electrons. The highest BCUT2D eigenvalue weighted by Crippen LogP contribution is 2.34. The molecule has 0 amide bonds. The minimum Gasteiger partial charge on any atom is -0.492 e. The SMILES string of the molecule is Nc1cc(C(=O)c2cc(Br)cc3c2OCC3)ccc1Br. The summed E-state index contributed by atoms with van der Waals surface area (Å²) >= 11 is 6.77. The van der Waals surface area contributed by atoms with Gasteiger partial charge in [-0.15, -0.1) is 0 Å². The third-order valence-corrected chi connectivity index (χ3v) is 4.43. The molecule has 3 nitrogen and oxygen atoms in total. The molecule has 102 valence electrons. The van der Waals surface area contributed by atoms with Gasteiger partial charge in [0, 0.05) is 26.6 Å². The first kappa shape index (κ1) is 13.6. The van der Waals surface area contributed by atoms with E-state index in [1.54, 1.807) is 24.3 Å². The number of carbonyl (C=O) groups excluding carboxylic acids is 1. The summed E-state index contributed by atoms with van der Waals surface area (Å²) in [4.78, 5) is 12.7. The zero-order chi connectivity index (χ0) is 14.3. The molecular weight excluding hydrogens is 386 g/mol. The van der Waals surface area contributed by atoms with E-state index in [1.807, 2.05) is 6.07 Å². The highest BCUT2D eigenvalue weighted by molar-refractivity contribution is 9.10. The van der Waals surface area contributed by atoms with E-state index in [4.69, 9.17) is 10.5 Å². The quantitative estimate of drug-likeness (QED) is 0.617. The lowest BCUT2D eigenvalue weighted by molar-refractivity contribution is 0.103. The van der Waals surface area contributed by atoms with Gasteiger partial charge in [-0.3, -0.25) is 4.79 Å². The normalized spacial score (nSPS) is 12.9. The van der Waals surface area contributed by atoms with Crippen molar-refractivity contribution in [2.75, 3.05) is 12.3 Å². The third-order valence-electron chi connectivity index (χ3n) is 3.25. The minimum atomic E-state index is -0.0800. The topological polar surface area (TPSA) is 52.3 Å². The smallest absolute Gasteiger partial charge is 0.196 e. The standard InChI is InChI=1S/C15H11Br2NO2/c16-10-5-9-3-4-20-15(9)11(7-10)14(19)8-1-2-12(17)13(18)6-8/h1-2,5-7H,3-4,18H2. The first-order valence-corrected chi connectivity index (χ1v) is 7.70. The molecule has 2 N–H and O–H groups in total. The molecule has 0 saturated carbocycles. The van der Waals surface area contributed by atoms with Crippen LogP contribution in [0.25, 0.3) is 0 Å². The van der Waals surface area contributed by atoms with Gasteiger partial charge in [-0.1, -0.05) is 15.9 Å². The summed E-state index contributed by atoms with van der Waals surface area (Å²) in [6, 6.07) is 9.00. The van der Waals surface area contributed by atoms with E-state index >= 15 is 0 Å². The van der Waals surface area contributed by atoms with Crippen molar-refractivity contribution in [3.63, 3.8) is 0 Å². The molecule has 2 aromatic carbocycles. The van der Waals surface area contributed by atoms with Gasteiger partial charge in [0.15, 0.2) is 5.78 Å². The summed E-state index contributed by atoms with van der Waals surface area (Å²) in [5.74, 6) is 0.614. The van der Waals surface area contributed by atoms with Crippen LogP contribution in [0.4, 0.5) is 5.69 Å². The molecule has 1 heterocycles. The molecular formula is C15H11Br2NO2. The van der Waals surface area contributed by atoms with Crippen LogP contribution in [0.3, 0.4) is 0 Å². The maximum Gasteiger partial charge on any atom is 0.196 e. The molecule has 0 unspecified atom stereocenters. The molecule has 0 fully saturated rings. The molecule has 3 rings (SSSR count). The Labute approximate surface area is 133 Å². The zero-order valence-electron chi connectivity index (χ0n) is 10.5. The zero-order valence-corrected chi connectivity index (χ0v) is 13.6. The van der Waals surface area contributed by atoms with Crippen molar-refractivity contribution in [1.29, 1.82) is 0 Å². The average molecular weight is 397 g/mol. The van der Waals surface area contributed by atoms with Crippen LogP contribution in [-0.2, 0) is 6.42 Å². The summed E-state index contributed by atoms with van der Waals surface area (Å²) in [5, 5.41) is 0.